The highest BCUT2D eigenvalue weighted by atomic mass is 32.2. The van der Waals surface area contributed by atoms with Crippen LogP contribution in [0, 0.1) is 5.82 Å². The molecule has 0 saturated heterocycles. The van der Waals surface area contributed by atoms with Crippen LogP contribution in [-0.4, -0.2) is 9.46 Å². The van der Waals surface area contributed by atoms with Gasteiger partial charge in [0.15, 0.2) is 0 Å². The predicted molar refractivity (Wildman–Crippen MR) is 73.0 cm³/mol. The number of hydrogen-bond acceptors (Lipinski definition) is 2. The summed E-state index contributed by atoms with van der Waals surface area (Å²) < 4.78 is 25.6. The van der Waals surface area contributed by atoms with Crippen LogP contribution in [0.1, 0.15) is 43.2 Å². The topological polar surface area (TPSA) is 43.1 Å². The summed E-state index contributed by atoms with van der Waals surface area (Å²) in [6.45, 7) is 0.320. The van der Waals surface area contributed by atoms with Crippen LogP contribution in [0.4, 0.5) is 4.39 Å². The van der Waals surface area contributed by atoms with Crippen molar-refractivity contribution in [3.05, 3.63) is 35.1 Å². The monoisotopic (exact) mass is 269 g/mol. The molecule has 0 radical (unpaired) electrons. The Morgan fingerprint density at radius 3 is 2.50 bits per heavy atom. The summed E-state index contributed by atoms with van der Waals surface area (Å²) in [5, 5.41) is 0.295. The van der Waals surface area contributed by atoms with Gasteiger partial charge in [-0.2, -0.15) is 0 Å². The van der Waals surface area contributed by atoms with E-state index in [1.807, 2.05) is 6.07 Å². The van der Waals surface area contributed by atoms with E-state index in [1.54, 1.807) is 0 Å². The molecule has 0 amide bonds. The van der Waals surface area contributed by atoms with Crippen LogP contribution in [0.25, 0.3) is 0 Å². The molecule has 1 fully saturated rings. The molecule has 0 spiro atoms. The van der Waals surface area contributed by atoms with Crippen LogP contribution in [0.5, 0.6) is 0 Å². The highest BCUT2D eigenvalue weighted by molar-refractivity contribution is 7.84. The van der Waals surface area contributed by atoms with Gasteiger partial charge < -0.3 is 5.73 Å². The second-order valence-corrected chi connectivity index (χ2v) is 6.67. The normalized spacial score (nSPS) is 18.8. The van der Waals surface area contributed by atoms with Gasteiger partial charge in [0.05, 0.1) is 0 Å². The Balaban J connectivity index is 2.03. The first-order valence-electron chi connectivity index (χ1n) is 6.54. The van der Waals surface area contributed by atoms with Gasteiger partial charge in [-0.1, -0.05) is 25.3 Å². The molecule has 4 heteroatoms. The maximum absolute atomic E-state index is 13.4. The van der Waals surface area contributed by atoms with Crippen molar-refractivity contribution in [2.45, 2.75) is 49.7 Å². The summed E-state index contributed by atoms with van der Waals surface area (Å²) in [6, 6.07) is 4.77. The van der Waals surface area contributed by atoms with Crippen LogP contribution in [0.2, 0.25) is 0 Å². The fraction of sp³-hybridized carbons (Fsp3) is 0.571. The zero-order chi connectivity index (χ0) is 13.0. The third kappa shape index (κ3) is 3.62. The number of benzene rings is 1. The summed E-state index contributed by atoms with van der Waals surface area (Å²) in [5.74, 6) is 0.170. The van der Waals surface area contributed by atoms with Crippen LogP contribution < -0.4 is 5.73 Å². The summed E-state index contributed by atoms with van der Waals surface area (Å²) >= 11 is 0. The van der Waals surface area contributed by atoms with Crippen LogP contribution >= 0.6 is 0 Å². The molecule has 1 aromatic carbocycles. The Labute approximate surface area is 110 Å². The Kier molecular flexibility index (Phi) is 4.89. The van der Waals surface area contributed by atoms with Gasteiger partial charge >= 0.3 is 0 Å². The molecule has 2 N–H and O–H groups in total. The predicted octanol–water partition coefficient (Wildman–Crippen LogP) is 2.87. The van der Waals surface area contributed by atoms with Crippen LogP contribution in [-0.2, 0) is 23.1 Å². The highest BCUT2D eigenvalue weighted by Crippen LogP contribution is 2.24. The molecule has 100 valence electrons. The van der Waals surface area contributed by atoms with Gasteiger partial charge in [0, 0.05) is 28.3 Å². The minimum Gasteiger partial charge on any atom is -0.326 e. The van der Waals surface area contributed by atoms with Crippen LogP contribution in [0.3, 0.4) is 0 Å². The van der Waals surface area contributed by atoms with Crippen molar-refractivity contribution in [2.24, 2.45) is 5.73 Å². The molecule has 2 nitrogen and oxygen atoms in total. The standard InChI is InChI=1S/C14H20FNOS/c15-13-7-11(9-16)6-12(8-13)10-18(17)14-4-2-1-3-5-14/h6-8,14H,1-5,9-10,16H2. The zero-order valence-electron chi connectivity index (χ0n) is 10.5. The van der Waals surface area contributed by atoms with E-state index in [2.05, 4.69) is 0 Å². The van der Waals surface area contributed by atoms with Gasteiger partial charge in [-0.15, -0.1) is 0 Å². The van der Waals surface area contributed by atoms with Crippen molar-refractivity contribution in [1.82, 2.24) is 0 Å². The molecule has 18 heavy (non-hydrogen) atoms. The molecule has 0 aromatic heterocycles. The highest BCUT2D eigenvalue weighted by Gasteiger charge is 2.20. The van der Waals surface area contributed by atoms with Gasteiger partial charge in [-0.25, -0.2) is 4.39 Å². The van der Waals surface area contributed by atoms with Gasteiger partial charge in [0.2, 0.25) is 0 Å². The molecule has 1 atom stereocenters. The van der Waals surface area contributed by atoms with Crippen molar-refractivity contribution >= 4 is 10.8 Å². The molecule has 1 aromatic rings. The van der Waals surface area contributed by atoms with E-state index in [9.17, 15) is 8.60 Å². The van der Waals surface area contributed by atoms with E-state index in [0.29, 0.717) is 17.5 Å². The molecule has 1 saturated carbocycles. The number of rotatable bonds is 4. The lowest BCUT2D eigenvalue weighted by atomic mass is 10.0. The molecule has 0 heterocycles. The first kappa shape index (κ1) is 13.7. The third-order valence-electron chi connectivity index (χ3n) is 3.49. The zero-order valence-corrected chi connectivity index (χ0v) is 11.3. The van der Waals surface area contributed by atoms with Crippen LogP contribution in [0.15, 0.2) is 18.2 Å². The Hall–Kier alpha value is -0.740. The minimum absolute atomic E-state index is 0.284. The van der Waals surface area contributed by atoms with Gasteiger partial charge in [0.25, 0.3) is 0 Å². The Morgan fingerprint density at radius 1 is 1.17 bits per heavy atom. The quantitative estimate of drug-likeness (QED) is 0.913. The van der Waals surface area contributed by atoms with E-state index in [0.717, 1.165) is 24.0 Å². The third-order valence-corrected chi connectivity index (χ3v) is 5.32. The van der Waals surface area contributed by atoms with Gasteiger partial charge in [-0.3, -0.25) is 4.21 Å². The van der Waals surface area contributed by atoms with Gasteiger partial charge in [-0.05, 0) is 36.1 Å². The maximum atomic E-state index is 13.4. The SMILES string of the molecule is NCc1cc(F)cc(CS(=O)C2CCCCC2)c1. The Morgan fingerprint density at radius 2 is 1.83 bits per heavy atom. The minimum atomic E-state index is -0.883. The van der Waals surface area contributed by atoms with E-state index in [1.165, 1.54) is 31.4 Å². The summed E-state index contributed by atoms with van der Waals surface area (Å²) in [7, 11) is -0.883. The molecular formula is C14H20FNOS. The summed E-state index contributed by atoms with van der Waals surface area (Å²) in [4.78, 5) is 0. The second-order valence-electron chi connectivity index (χ2n) is 4.96. The number of nitrogens with two attached hydrogens (primary N) is 1. The molecule has 1 unspecified atom stereocenters. The molecule has 0 aliphatic heterocycles. The average Bonchev–Trinajstić information content (AvgIpc) is 2.39. The smallest absolute Gasteiger partial charge is 0.123 e. The summed E-state index contributed by atoms with van der Waals surface area (Å²) in [6.07, 6.45) is 5.70. The molecule has 0 bridgehead atoms. The first-order valence-corrected chi connectivity index (χ1v) is 7.93. The molecule has 1 aliphatic carbocycles. The number of hydrogen-bond donors (Lipinski definition) is 1. The van der Waals surface area contributed by atoms with Gasteiger partial charge in [0.1, 0.15) is 5.82 Å². The first-order chi connectivity index (χ1) is 8.69. The average molecular weight is 269 g/mol. The molecular weight excluding hydrogens is 249 g/mol. The largest absolute Gasteiger partial charge is 0.326 e. The molecule has 2 rings (SSSR count). The fourth-order valence-corrected chi connectivity index (χ4v) is 4.12. The lowest BCUT2D eigenvalue weighted by Crippen LogP contribution is -2.20. The van der Waals surface area contributed by atoms with Crippen molar-refractivity contribution in [3.8, 4) is 0 Å². The van der Waals surface area contributed by atoms with E-state index < -0.39 is 10.8 Å². The summed E-state index contributed by atoms with van der Waals surface area (Å²) in [5.41, 5.74) is 7.09. The van der Waals surface area contributed by atoms with Crippen molar-refractivity contribution in [1.29, 1.82) is 0 Å². The van der Waals surface area contributed by atoms with Crippen molar-refractivity contribution < 1.29 is 8.60 Å². The van der Waals surface area contributed by atoms with E-state index in [-0.39, 0.29) is 5.82 Å². The van der Waals surface area contributed by atoms with E-state index >= 15 is 0 Å². The Bertz CT molecular complexity index is 430. The van der Waals surface area contributed by atoms with E-state index in [4.69, 9.17) is 5.73 Å². The van der Waals surface area contributed by atoms with Crippen molar-refractivity contribution in [2.75, 3.05) is 0 Å². The lowest BCUT2D eigenvalue weighted by Gasteiger charge is -2.21. The molecule has 1 aliphatic rings. The van der Waals surface area contributed by atoms with Crippen molar-refractivity contribution in [3.63, 3.8) is 0 Å². The fourth-order valence-electron chi connectivity index (χ4n) is 2.53. The second kappa shape index (κ2) is 6.43. The lowest BCUT2D eigenvalue weighted by molar-refractivity contribution is 0.504. The maximum Gasteiger partial charge on any atom is 0.123 e. The number of halogens is 1.